The van der Waals surface area contributed by atoms with Crippen LogP contribution in [0.4, 0.5) is 14.6 Å². The van der Waals surface area contributed by atoms with Crippen LogP contribution in [0.15, 0.2) is 30.7 Å². The van der Waals surface area contributed by atoms with Crippen molar-refractivity contribution in [2.45, 2.75) is 37.6 Å². The normalized spacial score (nSPS) is 18.8. The number of rotatable bonds is 2. The number of hydrogen-bond acceptors (Lipinski definition) is 4. The quantitative estimate of drug-likeness (QED) is 0.789. The molecule has 22 heavy (non-hydrogen) atoms. The van der Waals surface area contributed by atoms with Gasteiger partial charge in [-0.3, -0.25) is 0 Å². The highest BCUT2D eigenvalue weighted by atomic mass is 19.3. The Kier molecular flexibility index (Phi) is 2.95. The Balaban J connectivity index is 1.67. The number of pyridine rings is 1. The van der Waals surface area contributed by atoms with Gasteiger partial charge in [0.25, 0.3) is 0 Å². The number of nitrogens with zero attached hydrogens (tertiary/aromatic N) is 4. The van der Waals surface area contributed by atoms with Gasteiger partial charge in [0.1, 0.15) is 11.8 Å². The summed E-state index contributed by atoms with van der Waals surface area (Å²) in [5, 5.41) is 7.75. The van der Waals surface area contributed by atoms with Crippen LogP contribution in [0.3, 0.4) is 0 Å². The van der Waals surface area contributed by atoms with Crippen LogP contribution in [0.5, 0.6) is 0 Å². The van der Waals surface area contributed by atoms with Crippen molar-refractivity contribution < 1.29 is 8.78 Å². The number of anilines is 1. The fourth-order valence-electron chi connectivity index (χ4n) is 2.96. The van der Waals surface area contributed by atoms with Crippen LogP contribution in [-0.4, -0.2) is 31.5 Å². The Hall–Kier alpha value is -2.31. The molecule has 0 radical (unpaired) electrons. The van der Waals surface area contributed by atoms with E-state index in [0.29, 0.717) is 24.2 Å². The van der Waals surface area contributed by atoms with Crippen LogP contribution in [0.1, 0.15) is 25.7 Å². The minimum Gasteiger partial charge on any atom is -0.365 e. The first-order valence-corrected chi connectivity index (χ1v) is 7.35. The molecule has 0 aliphatic heterocycles. The van der Waals surface area contributed by atoms with Gasteiger partial charge in [0.15, 0.2) is 11.3 Å². The lowest BCUT2D eigenvalue weighted by molar-refractivity contribution is -0.0361. The number of fused-ring (bicyclic) bond motifs is 3. The van der Waals surface area contributed by atoms with E-state index in [1.807, 2.05) is 24.4 Å². The summed E-state index contributed by atoms with van der Waals surface area (Å²) < 4.78 is 28.2. The third-order valence-corrected chi connectivity index (χ3v) is 4.17. The first kappa shape index (κ1) is 13.4. The number of hydrogen-bond donors (Lipinski definition) is 1. The summed E-state index contributed by atoms with van der Waals surface area (Å²) in [6.45, 7) is 0. The number of alkyl halides is 2. The molecule has 3 heterocycles. The zero-order chi connectivity index (χ0) is 15.2. The van der Waals surface area contributed by atoms with E-state index in [9.17, 15) is 8.78 Å². The number of aromatic nitrogens is 4. The van der Waals surface area contributed by atoms with Gasteiger partial charge in [-0.2, -0.15) is 5.10 Å². The van der Waals surface area contributed by atoms with E-state index >= 15 is 0 Å². The second-order valence-corrected chi connectivity index (χ2v) is 5.72. The van der Waals surface area contributed by atoms with Crippen LogP contribution in [0.25, 0.3) is 16.6 Å². The predicted molar refractivity (Wildman–Crippen MR) is 79.1 cm³/mol. The largest absolute Gasteiger partial charge is 0.365 e. The molecule has 1 fully saturated rings. The third-order valence-electron chi connectivity index (χ3n) is 4.17. The average molecular weight is 303 g/mol. The van der Waals surface area contributed by atoms with Gasteiger partial charge < -0.3 is 5.32 Å². The molecule has 1 saturated carbocycles. The molecule has 0 bridgehead atoms. The van der Waals surface area contributed by atoms with Gasteiger partial charge in [-0.25, -0.2) is 23.3 Å². The molecular formula is C15H15F2N5. The summed E-state index contributed by atoms with van der Waals surface area (Å²) in [5.41, 5.74) is 2.34. The standard InChI is InChI=1S/C15H15F2N5/c16-15(17)6-4-10(5-7-15)20-14-13-12(18-9-19-14)11-3-1-2-8-22(11)21-13/h1-3,8-10H,4-7H2,(H,18,19,20). The molecule has 7 heteroatoms. The summed E-state index contributed by atoms with van der Waals surface area (Å²) in [4.78, 5) is 8.54. The van der Waals surface area contributed by atoms with Gasteiger partial charge in [0.05, 0.1) is 5.52 Å². The highest BCUT2D eigenvalue weighted by Gasteiger charge is 2.35. The second-order valence-electron chi connectivity index (χ2n) is 5.72. The van der Waals surface area contributed by atoms with E-state index in [1.165, 1.54) is 6.33 Å². The highest BCUT2D eigenvalue weighted by molar-refractivity contribution is 5.96. The molecular weight excluding hydrogens is 288 g/mol. The van der Waals surface area contributed by atoms with E-state index in [0.717, 1.165) is 11.0 Å². The molecule has 114 valence electrons. The van der Waals surface area contributed by atoms with Crippen LogP contribution >= 0.6 is 0 Å². The van der Waals surface area contributed by atoms with Crippen molar-refractivity contribution in [2.24, 2.45) is 0 Å². The molecule has 4 rings (SSSR count). The predicted octanol–water partition coefficient (Wildman–Crippen LogP) is 3.27. The maximum atomic E-state index is 13.2. The van der Waals surface area contributed by atoms with Gasteiger partial charge in [0.2, 0.25) is 5.92 Å². The molecule has 1 N–H and O–H groups in total. The minimum atomic E-state index is -2.53. The van der Waals surface area contributed by atoms with Crippen LogP contribution in [0.2, 0.25) is 0 Å². The van der Waals surface area contributed by atoms with E-state index in [1.54, 1.807) is 4.52 Å². The molecule has 1 aliphatic carbocycles. The van der Waals surface area contributed by atoms with Crippen molar-refractivity contribution in [3.8, 4) is 0 Å². The fourth-order valence-corrected chi connectivity index (χ4v) is 2.96. The van der Waals surface area contributed by atoms with Gasteiger partial charge in [0, 0.05) is 25.1 Å². The number of halogens is 2. The summed E-state index contributed by atoms with van der Waals surface area (Å²) in [6.07, 6.45) is 4.05. The SMILES string of the molecule is FC1(F)CCC(Nc2ncnc3c2nn2ccccc32)CC1. The maximum absolute atomic E-state index is 13.2. The summed E-state index contributed by atoms with van der Waals surface area (Å²) >= 11 is 0. The smallest absolute Gasteiger partial charge is 0.248 e. The highest BCUT2D eigenvalue weighted by Crippen LogP contribution is 2.34. The molecule has 3 aromatic heterocycles. The Morgan fingerprint density at radius 2 is 1.95 bits per heavy atom. The Morgan fingerprint density at radius 1 is 1.14 bits per heavy atom. The average Bonchev–Trinajstić information content (AvgIpc) is 2.89. The van der Waals surface area contributed by atoms with Crippen molar-refractivity contribution in [2.75, 3.05) is 5.32 Å². The molecule has 1 aliphatic rings. The lowest BCUT2D eigenvalue weighted by atomic mass is 9.92. The van der Waals surface area contributed by atoms with Crippen molar-refractivity contribution >= 4 is 22.4 Å². The topological polar surface area (TPSA) is 55.1 Å². The monoisotopic (exact) mass is 303 g/mol. The molecule has 0 amide bonds. The van der Waals surface area contributed by atoms with E-state index in [2.05, 4.69) is 20.4 Å². The van der Waals surface area contributed by atoms with E-state index < -0.39 is 5.92 Å². The Labute approximate surface area is 125 Å². The summed E-state index contributed by atoms with van der Waals surface area (Å²) in [5.74, 6) is -1.91. The van der Waals surface area contributed by atoms with Crippen molar-refractivity contribution in [1.29, 1.82) is 0 Å². The minimum absolute atomic E-state index is 0.00235. The maximum Gasteiger partial charge on any atom is 0.248 e. The zero-order valence-electron chi connectivity index (χ0n) is 11.8. The van der Waals surface area contributed by atoms with Gasteiger partial charge >= 0.3 is 0 Å². The molecule has 0 spiro atoms. The third kappa shape index (κ3) is 2.26. The molecule has 0 saturated heterocycles. The van der Waals surface area contributed by atoms with Gasteiger partial charge in [-0.1, -0.05) is 6.07 Å². The Bertz CT molecular complexity index is 819. The van der Waals surface area contributed by atoms with E-state index in [4.69, 9.17) is 0 Å². The zero-order valence-corrected chi connectivity index (χ0v) is 11.8. The lowest BCUT2D eigenvalue weighted by Crippen LogP contribution is -2.32. The van der Waals surface area contributed by atoms with Crippen LogP contribution in [-0.2, 0) is 0 Å². The molecule has 3 aromatic rings. The summed E-state index contributed by atoms with van der Waals surface area (Å²) in [6, 6.07) is 5.76. The second kappa shape index (κ2) is 4.86. The first-order valence-electron chi connectivity index (χ1n) is 7.35. The number of nitrogens with one attached hydrogen (secondary N) is 1. The Morgan fingerprint density at radius 3 is 2.77 bits per heavy atom. The van der Waals surface area contributed by atoms with Crippen molar-refractivity contribution in [3.05, 3.63) is 30.7 Å². The first-order chi connectivity index (χ1) is 10.6. The van der Waals surface area contributed by atoms with Gasteiger partial charge in [-0.05, 0) is 25.0 Å². The van der Waals surface area contributed by atoms with Crippen LogP contribution < -0.4 is 5.32 Å². The molecule has 5 nitrogen and oxygen atoms in total. The lowest BCUT2D eigenvalue weighted by Gasteiger charge is -2.29. The van der Waals surface area contributed by atoms with Crippen molar-refractivity contribution in [1.82, 2.24) is 19.6 Å². The van der Waals surface area contributed by atoms with Gasteiger partial charge in [-0.15, -0.1) is 0 Å². The summed E-state index contributed by atoms with van der Waals surface area (Å²) in [7, 11) is 0. The van der Waals surface area contributed by atoms with Crippen LogP contribution in [0, 0.1) is 0 Å². The molecule has 0 unspecified atom stereocenters. The van der Waals surface area contributed by atoms with E-state index in [-0.39, 0.29) is 18.9 Å². The fraction of sp³-hybridized carbons (Fsp3) is 0.400. The van der Waals surface area contributed by atoms with Crippen molar-refractivity contribution in [3.63, 3.8) is 0 Å². The molecule has 0 atom stereocenters. The molecule has 0 aromatic carbocycles.